The first-order valence-electron chi connectivity index (χ1n) is 7.51. The molecule has 2 aliphatic heterocycles. The minimum Gasteiger partial charge on any atom is -0.342 e. The Kier molecular flexibility index (Phi) is 3.69. The molecule has 3 aliphatic rings. The van der Waals surface area contributed by atoms with Crippen molar-refractivity contribution in [2.24, 2.45) is 23.7 Å². The van der Waals surface area contributed by atoms with Crippen LogP contribution in [0.15, 0.2) is 0 Å². The Morgan fingerprint density at radius 2 is 1.55 bits per heavy atom. The summed E-state index contributed by atoms with van der Waals surface area (Å²) in [6, 6.07) is 0. The summed E-state index contributed by atoms with van der Waals surface area (Å²) < 4.78 is 37.9. The Labute approximate surface area is 116 Å². The van der Waals surface area contributed by atoms with E-state index >= 15 is 0 Å². The van der Waals surface area contributed by atoms with Crippen LogP contribution >= 0.6 is 0 Å². The molecule has 1 aliphatic carbocycles. The third-order valence-corrected chi connectivity index (χ3v) is 5.24. The molecule has 1 saturated carbocycles. The molecule has 20 heavy (non-hydrogen) atoms. The highest BCUT2D eigenvalue weighted by molar-refractivity contribution is 5.79. The zero-order valence-corrected chi connectivity index (χ0v) is 11.5. The van der Waals surface area contributed by atoms with E-state index in [-0.39, 0.29) is 24.7 Å². The fraction of sp³-hybridized carbons (Fsp3) is 0.929. The van der Waals surface area contributed by atoms with Crippen LogP contribution in [-0.2, 0) is 4.79 Å². The van der Waals surface area contributed by atoms with Gasteiger partial charge in [0.2, 0.25) is 5.91 Å². The molecule has 0 aromatic carbocycles. The van der Waals surface area contributed by atoms with Crippen molar-refractivity contribution >= 4 is 5.91 Å². The van der Waals surface area contributed by atoms with Crippen LogP contribution in [0.2, 0.25) is 0 Å². The van der Waals surface area contributed by atoms with Crippen molar-refractivity contribution in [2.75, 3.05) is 26.2 Å². The highest BCUT2D eigenvalue weighted by atomic mass is 19.4. The Hall–Kier alpha value is -0.780. The molecule has 0 spiro atoms. The van der Waals surface area contributed by atoms with Gasteiger partial charge in [0.05, 0.1) is 5.92 Å². The van der Waals surface area contributed by atoms with Gasteiger partial charge in [0.15, 0.2) is 0 Å². The quantitative estimate of drug-likeness (QED) is 0.801. The van der Waals surface area contributed by atoms with Gasteiger partial charge in [-0.05, 0) is 37.5 Å². The average molecular weight is 290 g/mol. The predicted octanol–water partition coefficient (Wildman–Crippen LogP) is 2.03. The van der Waals surface area contributed by atoms with Crippen molar-refractivity contribution in [3.05, 3.63) is 0 Å². The van der Waals surface area contributed by atoms with Crippen LogP contribution < -0.4 is 5.32 Å². The van der Waals surface area contributed by atoms with E-state index in [0.717, 1.165) is 26.2 Å². The van der Waals surface area contributed by atoms with E-state index in [1.54, 1.807) is 0 Å². The third-order valence-electron chi connectivity index (χ3n) is 5.24. The Morgan fingerprint density at radius 1 is 1.00 bits per heavy atom. The van der Waals surface area contributed by atoms with Crippen LogP contribution in [0.5, 0.6) is 0 Å². The van der Waals surface area contributed by atoms with Crippen LogP contribution in [0.4, 0.5) is 13.2 Å². The summed E-state index contributed by atoms with van der Waals surface area (Å²) >= 11 is 0. The molecule has 0 bridgehead atoms. The fourth-order valence-corrected chi connectivity index (χ4v) is 3.96. The summed E-state index contributed by atoms with van der Waals surface area (Å²) in [6.45, 7) is 3.51. The SMILES string of the molecule is O=C(C1CCC(C(F)(F)F)CC1)N1C[C@H]2CNC[C@H]2C1. The lowest BCUT2D eigenvalue weighted by Crippen LogP contribution is -2.39. The van der Waals surface area contributed by atoms with Crippen LogP contribution in [0.1, 0.15) is 25.7 Å². The smallest absolute Gasteiger partial charge is 0.342 e. The van der Waals surface area contributed by atoms with E-state index in [1.165, 1.54) is 0 Å². The monoisotopic (exact) mass is 290 g/mol. The molecule has 2 saturated heterocycles. The topological polar surface area (TPSA) is 32.3 Å². The first-order chi connectivity index (χ1) is 9.45. The van der Waals surface area contributed by atoms with Gasteiger partial charge in [-0.25, -0.2) is 0 Å². The van der Waals surface area contributed by atoms with Gasteiger partial charge in [-0.3, -0.25) is 4.79 Å². The molecular formula is C14H21F3N2O. The number of fused-ring (bicyclic) bond motifs is 1. The maximum absolute atomic E-state index is 12.6. The molecule has 3 nitrogen and oxygen atoms in total. The number of nitrogens with zero attached hydrogens (tertiary/aromatic N) is 1. The van der Waals surface area contributed by atoms with Crippen LogP contribution in [0.25, 0.3) is 0 Å². The molecule has 0 unspecified atom stereocenters. The van der Waals surface area contributed by atoms with Crippen molar-refractivity contribution in [3.8, 4) is 0 Å². The van der Waals surface area contributed by atoms with Crippen LogP contribution in [-0.4, -0.2) is 43.2 Å². The number of likely N-dealkylation sites (tertiary alicyclic amines) is 1. The first-order valence-corrected chi connectivity index (χ1v) is 7.51. The Morgan fingerprint density at radius 3 is 2.05 bits per heavy atom. The second-order valence-corrected chi connectivity index (χ2v) is 6.51. The first kappa shape index (κ1) is 14.2. The van der Waals surface area contributed by atoms with Gasteiger partial charge < -0.3 is 10.2 Å². The number of hydrogen-bond donors (Lipinski definition) is 1. The van der Waals surface area contributed by atoms with E-state index in [2.05, 4.69) is 5.32 Å². The van der Waals surface area contributed by atoms with Gasteiger partial charge in [-0.15, -0.1) is 0 Å². The van der Waals surface area contributed by atoms with Gasteiger partial charge in [0, 0.05) is 32.1 Å². The van der Waals surface area contributed by atoms with Crippen molar-refractivity contribution in [3.63, 3.8) is 0 Å². The van der Waals surface area contributed by atoms with Crippen molar-refractivity contribution < 1.29 is 18.0 Å². The summed E-state index contributed by atoms with van der Waals surface area (Å²) in [6.07, 6.45) is -3.07. The zero-order chi connectivity index (χ0) is 14.3. The number of halogens is 3. The van der Waals surface area contributed by atoms with E-state index in [4.69, 9.17) is 0 Å². The molecule has 0 radical (unpaired) electrons. The molecular weight excluding hydrogens is 269 g/mol. The maximum Gasteiger partial charge on any atom is 0.391 e. The molecule has 114 valence electrons. The number of rotatable bonds is 1. The van der Waals surface area contributed by atoms with Gasteiger partial charge in [-0.1, -0.05) is 0 Å². The zero-order valence-electron chi connectivity index (χ0n) is 11.5. The van der Waals surface area contributed by atoms with E-state index in [1.807, 2.05) is 4.90 Å². The molecule has 2 heterocycles. The number of hydrogen-bond acceptors (Lipinski definition) is 2. The molecule has 0 aromatic heterocycles. The molecule has 3 fully saturated rings. The highest BCUT2D eigenvalue weighted by Gasteiger charge is 2.44. The van der Waals surface area contributed by atoms with Gasteiger partial charge in [-0.2, -0.15) is 13.2 Å². The fourth-order valence-electron chi connectivity index (χ4n) is 3.96. The van der Waals surface area contributed by atoms with E-state index in [0.29, 0.717) is 24.7 Å². The van der Waals surface area contributed by atoms with Crippen LogP contribution in [0.3, 0.4) is 0 Å². The standard InChI is InChI=1S/C14H21F3N2O/c15-14(16,17)12-3-1-9(2-4-12)13(20)19-7-10-5-18-6-11(10)8-19/h9-12,18H,1-8H2/t9?,10-,11+,12?. The van der Waals surface area contributed by atoms with Crippen molar-refractivity contribution in [2.45, 2.75) is 31.9 Å². The maximum atomic E-state index is 12.6. The third kappa shape index (κ3) is 2.67. The lowest BCUT2D eigenvalue weighted by atomic mass is 9.81. The second kappa shape index (κ2) is 5.20. The van der Waals surface area contributed by atoms with Crippen LogP contribution in [0, 0.1) is 23.7 Å². The van der Waals surface area contributed by atoms with Gasteiger partial charge >= 0.3 is 6.18 Å². The molecule has 0 aromatic rings. The van der Waals surface area contributed by atoms with E-state index < -0.39 is 12.1 Å². The number of carbonyl (C=O) groups is 1. The number of alkyl halides is 3. The van der Waals surface area contributed by atoms with Crippen molar-refractivity contribution in [1.82, 2.24) is 10.2 Å². The largest absolute Gasteiger partial charge is 0.391 e. The number of nitrogens with one attached hydrogen (secondary N) is 1. The molecule has 6 heteroatoms. The van der Waals surface area contributed by atoms with Gasteiger partial charge in [0.25, 0.3) is 0 Å². The normalized spacial score (nSPS) is 38.0. The predicted molar refractivity (Wildman–Crippen MR) is 67.9 cm³/mol. The summed E-state index contributed by atoms with van der Waals surface area (Å²) in [5.74, 6) is -0.190. The lowest BCUT2D eigenvalue weighted by molar-refractivity contribution is -0.185. The highest BCUT2D eigenvalue weighted by Crippen LogP contribution is 2.40. The molecule has 1 amide bonds. The summed E-state index contributed by atoms with van der Waals surface area (Å²) in [5, 5.41) is 3.32. The van der Waals surface area contributed by atoms with Crippen molar-refractivity contribution in [1.29, 1.82) is 0 Å². The Balaban J connectivity index is 1.52. The summed E-state index contributed by atoms with van der Waals surface area (Å²) in [4.78, 5) is 14.3. The summed E-state index contributed by atoms with van der Waals surface area (Å²) in [7, 11) is 0. The Bertz CT molecular complexity index is 365. The minimum absolute atomic E-state index is 0.0972. The second-order valence-electron chi connectivity index (χ2n) is 6.51. The molecule has 2 atom stereocenters. The average Bonchev–Trinajstić information content (AvgIpc) is 2.97. The van der Waals surface area contributed by atoms with Gasteiger partial charge in [0.1, 0.15) is 0 Å². The number of amides is 1. The summed E-state index contributed by atoms with van der Waals surface area (Å²) in [5.41, 5.74) is 0. The molecule has 3 rings (SSSR count). The minimum atomic E-state index is -4.09. The number of carbonyl (C=O) groups excluding carboxylic acids is 1. The van der Waals surface area contributed by atoms with E-state index in [9.17, 15) is 18.0 Å². The molecule has 1 N–H and O–H groups in total. The lowest BCUT2D eigenvalue weighted by Gasteiger charge is -2.31.